The summed E-state index contributed by atoms with van der Waals surface area (Å²) < 4.78 is 5.09. The van der Waals surface area contributed by atoms with E-state index >= 15 is 0 Å². The topological polar surface area (TPSA) is 55.1 Å². The largest absolute Gasteiger partial charge is 0.340 e. The van der Waals surface area contributed by atoms with Crippen LogP contribution in [0, 0.1) is 6.92 Å². The molecule has 19 heavy (non-hydrogen) atoms. The van der Waals surface area contributed by atoms with Gasteiger partial charge >= 0.3 is 0 Å². The van der Waals surface area contributed by atoms with Crippen LogP contribution in [0.5, 0.6) is 0 Å². The van der Waals surface area contributed by atoms with Crippen LogP contribution in [0.2, 0.25) is 0 Å². The van der Waals surface area contributed by atoms with E-state index in [2.05, 4.69) is 32.2 Å². The molecule has 1 aliphatic heterocycles. The summed E-state index contributed by atoms with van der Waals surface area (Å²) in [5, 5.41) is 4.07. The molecule has 0 N–H and O–H groups in total. The monoisotopic (exact) mass is 258 g/mol. The van der Waals surface area contributed by atoms with E-state index in [4.69, 9.17) is 4.52 Å². The highest BCUT2D eigenvalue weighted by atomic mass is 16.5. The summed E-state index contributed by atoms with van der Waals surface area (Å²) in [5.41, 5.74) is 1.32. The Labute approximate surface area is 112 Å². The first kappa shape index (κ1) is 12.3. The van der Waals surface area contributed by atoms with Crippen LogP contribution in [0.3, 0.4) is 0 Å². The van der Waals surface area contributed by atoms with Gasteiger partial charge in [0.1, 0.15) is 0 Å². The summed E-state index contributed by atoms with van der Waals surface area (Å²) in [6.07, 6.45) is 7.05. The maximum atomic E-state index is 5.09. The maximum absolute atomic E-state index is 5.09. The second-order valence-electron chi connectivity index (χ2n) is 4.97. The van der Waals surface area contributed by atoms with Gasteiger partial charge in [-0.1, -0.05) is 5.16 Å². The molecule has 0 spiro atoms. The lowest BCUT2D eigenvalue weighted by Gasteiger charge is -2.21. The van der Waals surface area contributed by atoms with Crippen molar-refractivity contribution in [2.75, 3.05) is 13.1 Å². The van der Waals surface area contributed by atoms with Crippen LogP contribution >= 0.6 is 0 Å². The van der Waals surface area contributed by atoms with Gasteiger partial charge in [0.2, 0.25) is 5.89 Å². The van der Waals surface area contributed by atoms with E-state index in [0.717, 1.165) is 31.8 Å². The third-order valence-corrected chi connectivity index (χ3v) is 3.64. The van der Waals surface area contributed by atoms with E-state index in [1.54, 1.807) is 0 Å². The molecule has 0 amide bonds. The number of nitrogens with zero attached hydrogens (tertiary/aromatic N) is 4. The minimum atomic E-state index is 0.319. The van der Waals surface area contributed by atoms with Crippen LogP contribution in [-0.4, -0.2) is 33.1 Å². The fraction of sp³-hybridized carbons (Fsp3) is 0.500. The molecule has 1 aliphatic rings. The number of rotatable bonds is 4. The number of likely N-dealkylation sites (tertiary alicyclic amines) is 1. The van der Waals surface area contributed by atoms with Crippen molar-refractivity contribution in [1.82, 2.24) is 20.0 Å². The van der Waals surface area contributed by atoms with Gasteiger partial charge in [0.15, 0.2) is 5.82 Å². The lowest BCUT2D eigenvalue weighted by Crippen LogP contribution is -2.26. The number of aryl methyl sites for hydroxylation is 1. The highest BCUT2D eigenvalue weighted by molar-refractivity contribution is 5.10. The molecule has 0 aromatic carbocycles. The lowest BCUT2D eigenvalue weighted by atomic mass is 10.1. The minimum Gasteiger partial charge on any atom is -0.340 e. The Kier molecular flexibility index (Phi) is 3.55. The van der Waals surface area contributed by atoms with Crippen LogP contribution in [0.15, 0.2) is 29.0 Å². The molecule has 1 atom stereocenters. The van der Waals surface area contributed by atoms with Gasteiger partial charge in [-0.05, 0) is 43.5 Å². The van der Waals surface area contributed by atoms with Gasteiger partial charge in [-0.2, -0.15) is 4.98 Å². The standard InChI is InChI=1S/C14H18N4O/c1-11-16-14(17-19-11)13-3-2-9-18(13)10-6-12-4-7-15-8-5-12/h4-5,7-8,13H,2-3,6,9-10H2,1H3/t13-/m0/s1. The highest BCUT2D eigenvalue weighted by Gasteiger charge is 2.29. The lowest BCUT2D eigenvalue weighted by molar-refractivity contribution is 0.245. The van der Waals surface area contributed by atoms with Crippen molar-refractivity contribution in [2.24, 2.45) is 0 Å². The van der Waals surface area contributed by atoms with Gasteiger partial charge in [-0.15, -0.1) is 0 Å². The first-order valence-corrected chi connectivity index (χ1v) is 6.76. The summed E-state index contributed by atoms with van der Waals surface area (Å²) in [6, 6.07) is 4.46. The quantitative estimate of drug-likeness (QED) is 0.841. The second kappa shape index (κ2) is 5.48. The minimum absolute atomic E-state index is 0.319. The number of aromatic nitrogens is 3. The van der Waals surface area contributed by atoms with Gasteiger partial charge in [-0.3, -0.25) is 9.88 Å². The zero-order valence-corrected chi connectivity index (χ0v) is 11.1. The molecule has 5 nitrogen and oxygen atoms in total. The van der Waals surface area contributed by atoms with Crippen molar-refractivity contribution in [3.63, 3.8) is 0 Å². The molecule has 0 bridgehead atoms. The predicted octanol–water partition coefficient (Wildman–Crippen LogP) is 2.15. The molecular weight excluding hydrogens is 240 g/mol. The maximum Gasteiger partial charge on any atom is 0.223 e. The third-order valence-electron chi connectivity index (χ3n) is 3.64. The van der Waals surface area contributed by atoms with Crippen molar-refractivity contribution < 1.29 is 4.52 Å². The SMILES string of the molecule is Cc1nc([C@@H]2CCCN2CCc2ccncc2)no1. The molecular formula is C14H18N4O. The first-order valence-electron chi connectivity index (χ1n) is 6.76. The van der Waals surface area contributed by atoms with Crippen LogP contribution in [-0.2, 0) is 6.42 Å². The summed E-state index contributed by atoms with van der Waals surface area (Å²) in [7, 11) is 0. The molecule has 3 rings (SSSR count). The van der Waals surface area contributed by atoms with Crippen LogP contribution in [0.1, 0.15) is 36.2 Å². The van der Waals surface area contributed by atoms with Crippen molar-refractivity contribution in [1.29, 1.82) is 0 Å². The number of pyridine rings is 1. The fourth-order valence-corrected chi connectivity index (χ4v) is 2.66. The number of hydrogen-bond donors (Lipinski definition) is 0. The smallest absolute Gasteiger partial charge is 0.223 e. The molecule has 3 heterocycles. The summed E-state index contributed by atoms with van der Waals surface area (Å²) in [6.45, 7) is 3.98. The molecule has 2 aromatic heterocycles. The van der Waals surface area contributed by atoms with Crippen molar-refractivity contribution >= 4 is 0 Å². The van der Waals surface area contributed by atoms with Crippen LogP contribution in [0.4, 0.5) is 0 Å². The Morgan fingerprint density at radius 1 is 1.37 bits per heavy atom. The zero-order valence-electron chi connectivity index (χ0n) is 11.1. The zero-order chi connectivity index (χ0) is 13.1. The van der Waals surface area contributed by atoms with Crippen LogP contribution < -0.4 is 0 Å². The van der Waals surface area contributed by atoms with E-state index in [9.17, 15) is 0 Å². The van der Waals surface area contributed by atoms with E-state index in [-0.39, 0.29) is 0 Å². The van der Waals surface area contributed by atoms with E-state index in [0.29, 0.717) is 11.9 Å². The normalized spacial score (nSPS) is 19.9. The van der Waals surface area contributed by atoms with Gasteiger partial charge in [-0.25, -0.2) is 0 Å². The summed E-state index contributed by atoms with van der Waals surface area (Å²) in [5.74, 6) is 1.49. The molecule has 5 heteroatoms. The molecule has 100 valence electrons. The van der Waals surface area contributed by atoms with Gasteiger partial charge in [0, 0.05) is 25.9 Å². The third kappa shape index (κ3) is 2.81. The Morgan fingerprint density at radius 3 is 2.95 bits per heavy atom. The molecule has 1 saturated heterocycles. The number of hydrogen-bond acceptors (Lipinski definition) is 5. The van der Waals surface area contributed by atoms with E-state index < -0.39 is 0 Å². The molecule has 0 aliphatic carbocycles. The predicted molar refractivity (Wildman–Crippen MR) is 70.5 cm³/mol. The second-order valence-corrected chi connectivity index (χ2v) is 4.97. The molecule has 0 unspecified atom stereocenters. The van der Waals surface area contributed by atoms with Crippen molar-refractivity contribution in [3.8, 4) is 0 Å². The van der Waals surface area contributed by atoms with Crippen molar-refractivity contribution in [3.05, 3.63) is 41.8 Å². The first-order chi connectivity index (χ1) is 9.33. The molecule has 1 fully saturated rings. The molecule has 0 saturated carbocycles. The summed E-state index contributed by atoms with van der Waals surface area (Å²) >= 11 is 0. The Hall–Kier alpha value is -1.75. The van der Waals surface area contributed by atoms with Crippen LogP contribution in [0.25, 0.3) is 0 Å². The van der Waals surface area contributed by atoms with Gasteiger partial charge in [0.05, 0.1) is 6.04 Å². The van der Waals surface area contributed by atoms with E-state index in [1.165, 1.54) is 12.0 Å². The molecule has 2 aromatic rings. The fourth-order valence-electron chi connectivity index (χ4n) is 2.66. The average Bonchev–Trinajstić information content (AvgIpc) is 3.06. The van der Waals surface area contributed by atoms with Gasteiger partial charge < -0.3 is 4.52 Å². The van der Waals surface area contributed by atoms with E-state index in [1.807, 2.05) is 19.3 Å². The van der Waals surface area contributed by atoms with Gasteiger partial charge in [0.25, 0.3) is 0 Å². The highest BCUT2D eigenvalue weighted by Crippen LogP contribution is 2.29. The Morgan fingerprint density at radius 2 is 2.21 bits per heavy atom. The Bertz CT molecular complexity index is 525. The molecule has 0 radical (unpaired) electrons. The summed E-state index contributed by atoms with van der Waals surface area (Å²) in [4.78, 5) is 10.9. The van der Waals surface area contributed by atoms with Crippen molar-refractivity contribution in [2.45, 2.75) is 32.2 Å². The Balaban J connectivity index is 1.64. The average molecular weight is 258 g/mol.